The molecule has 3 N–H and O–H groups in total. The smallest absolute Gasteiger partial charge is 0.252 e. The van der Waals surface area contributed by atoms with Crippen LogP contribution in [0, 0.1) is 0 Å². The number of carbonyl (C=O) groups excluding carboxylic acids is 2. The number of amides is 2. The molecule has 0 spiro atoms. The Morgan fingerprint density at radius 2 is 1.95 bits per heavy atom. The van der Waals surface area contributed by atoms with E-state index in [9.17, 15) is 9.59 Å². The Bertz CT molecular complexity index is 474. The first-order chi connectivity index (χ1) is 9.60. The van der Waals surface area contributed by atoms with Crippen molar-refractivity contribution in [1.82, 2.24) is 5.32 Å². The number of ether oxygens (including phenoxy) is 2. The maximum atomic E-state index is 11.6. The van der Waals surface area contributed by atoms with Crippen LogP contribution in [0.1, 0.15) is 33.6 Å². The molecule has 1 aromatic rings. The molecule has 0 aromatic heterocycles. The van der Waals surface area contributed by atoms with Crippen LogP contribution in [0.4, 0.5) is 0 Å². The van der Waals surface area contributed by atoms with Crippen LogP contribution in [0.15, 0.2) is 18.2 Å². The zero-order chi connectivity index (χ0) is 15.0. The third-order valence-corrected chi connectivity index (χ3v) is 2.74. The molecule has 110 valence electrons. The van der Waals surface area contributed by atoms with Gasteiger partial charge in [-0.3, -0.25) is 9.59 Å². The van der Waals surface area contributed by atoms with Gasteiger partial charge in [0, 0.05) is 26.3 Å². The van der Waals surface area contributed by atoms with Crippen molar-refractivity contribution in [1.29, 1.82) is 0 Å². The standard InChI is InChI=1S/C14H20N2O4/c1-16-14(18)10-5-6-11(13(15)17)12(9-10)20-8-4-3-7-19-2/h5-6,9H,3-4,7-8H2,1-2H3,(H2,15,17)(H,16,18). The van der Waals surface area contributed by atoms with Gasteiger partial charge < -0.3 is 20.5 Å². The Kier molecular flexibility index (Phi) is 6.52. The number of primary amides is 1. The molecule has 20 heavy (non-hydrogen) atoms. The molecule has 0 saturated carbocycles. The van der Waals surface area contributed by atoms with E-state index in [1.807, 2.05) is 0 Å². The third kappa shape index (κ3) is 4.55. The number of nitrogens with two attached hydrogens (primary N) is 1. The van der Waals surface area contributed by atoms with E-state index in [0.29, 0.717) is 24.5 Å². The highest BCUT2D eigenvalue weighted by Gasteiger charge is 2.13. The number of nitrogens with one attached hydrogen (secondary N) is 1. The minimum absolute atomic E-state index is 0.245. The normalized spacial score (nSPS) is 10.1. The summed E-state index contributed by atoms with van der Waals surface area (Å²) in [6.07, 6.45) is 1.65. The zero-order valence-corrected chi connectivity index (χ0v) is 11.8. The minimum atomic E-state index is -0.583. The average Bonchev–Trinajstić information content (AvgIpc) is 2.45. The van der Waals surface area contributed by atoms with Crippen LogP contribution in [0.3, 0.4) is 0 Å². The Morgan fingerprint density at radius 1 is 1.25 bits per heavy atom. The number of hydrogen-bond donors (Lipinski definition) is 2. The van der Waals surface area contributed by atoms with Gasteiger partial charge in [-0.2, -0.15) is 0 Å². The van der Waals surface area contributed by atoms with Crippen LogP contribution in [0.25, 0.3) is 0 Å². The van der Waals surface area contributed by atoms with Crippen LogP contribution in [-0.4, -0.2) is 39.2 Å². The highest BCUT2D eigenvalue weighted by Crippen LogP contribution is 2.20. The van der Waals surface area contributed by atoms with E-state index < -0.39 is 5.91 Å². The van der Waals surface area contributed by atoms with Gasteiger partial charge in [-0.05, 0) is 31.0 Å². The van der Waals surface area contributed by atoms with Gasteiger partial charge in [0.1, 0.15) is 5.75 Å². The van der Waals surface area contributed by atoms with Gasteiger partial charge in [0.05, 0.1) is 12.2 Å². The minimum Gasteiger partial charge on any atom is -0.493 e. The van der Waals surface area contributed by atoms with Gasteiger partial charge >= 0.3 is 0 Å². The maximum Gasteiger partial charge on any atom is 0.252 e. The molecule has 6 heteroatoms. The van der Waals surface area contributed by atoms with Crippen molar-refractivity contribution in [2.75, 3.05) is 27.4 Å². The summed E-state index contributed by atoms with van der Waals surface area (Å²) in [6.45, 7) is 1.09. The van der Waals surface area contributed by atoms with E-state index in [4.69, 9.17) is 15.2 Å². The summed E-state index contributed by atoms with van der Waals surface area (Å²) in [4.78, 5) is 22.9. The fourth-order valence-electron chi connectivity index (χ4n) is 1.66. The number of rotatable bonds is 8. The lowest BCUT2D eigenvalue weighted by atomic mass is 10.1. The van der Waals surface area contributed by atoms with Gasteiger partial charge in [-0.25, -0.2) is 0 Å². The van der Waals surface area contributed by atoms with E-state index >= 15 is 0 Å². The van der Waals surface area contributed by atoms with Gasteiger partial charge in [0.25, 0.3) is 11.8 Å². The van der Waals surface area contributed by atoms with Crippen LogP contribution in [-0.2, 0) is 4.74 Å². The molecule has 0 aliphatic carbocycles. The lowest BCUT2D eigenvalue weighted by Gasteiger charge is -2.11. The van der Waals surface area contributed by atoms with Crippen molar-refractivity contribution in [3.8, 4) is 5.75 Å². The molecule has 0 unspecified atom stereocenters. The molecule has 6 nitrogen and oxygen atoms in total. The van der Waals surface area contributed by atoms with E-state index in [1.165, 1.54) is 25.2 Å². The molecule has 0 atom stereocenters. The van der Waals surface area contributed by atoms with E-state index in [-0.39, 0.29) is 11.5 Å². The number of carbonyl (C=O) groups is 2. The third-order valence-electron chi connectivity index (χ3n) is 2.74. The van der Waals surface area contributed by atoms with Gasteiger partial charge in [-0.1, -0.05) is 0 Å². The molecule has 0 heterocycles. The average molecular weight is 280 g/mol. The second kappa shape index (κ2) is 8.16. The van der Waals surface area contributed by atoms with Crippen molar-refractivity contribution in [3.63, 3.8) is 0 Å². The first kappa shape index (κ1) is 16.0. The summed E-state index contributed by atoms with van der Waals surface area (Å²) >= 11 is 0. The van der Waals surface area contributed by atoms with Crippen molar-refractivity contribution < 1.29 is 19.1 Å². The van der Waals surface area contributed by atoms with Crippen molar-refractivity contribution >= 4 is 11.8 Å². The number of unbranched alkanes of at least 4 members (excludes halogenated alkanes) is 1. The molecule has 0 saturated heterocycles. The SMILES string of the molecule is CNC(=O)c1ccc(C(N)=O)c(OCCCCOC)c1. The lowest BCUT2D eigenvalue weighted by molar-refractivity contribution is 0.0958. The lowest BCUT2D eigenvalue weighted by Crippen LogP contribution is -2.19. The first-order valence-corrected chi connectivity index (χ1v) is 6.37. The Labute approximate surface area is 118 Å². The predicted octanol–water partition coefficient (Wildman–Crippen LogP) is 0.950. The molecule has 0 aliphatic rings. The summed E-state index contributed by atoms with van der Waals surface area (Å²) in [6, 6.07) is 4.56. The van der Waals surface area contributed by atoms with Crippen LogP contribution >= 0.6 is 0 Å². The van der Waals surface area contributed by atoms with Crippen molar-refractivity contribution in [2.24, 2.45) is 5.73 Å². The second-order valence-electron chi connectivity index (χ2n) is 4.20. The van der Waals surface area contributed by atoms with Crippen LogP contribution in [0.2, 0.25) is 0 Å². The van der Waals surface area contributed by atoms with Crippen molar-refractivity contribution in [2.45, 2.75) is 12.8 Å². The highest BCUT2D eigenvalue weighted by atomic mass is 16.5. The molecular weight excluding hydrogens is 260 g/mol. The quantitative estimate of drug-likeness (QED) is 0.694. The highest BCUT2D eigenvalue weighted by molar-refractivity contribution is 5.99. The maximum absolute atomic E-state index is 11.6. The topological polar surface area (TPSA) is 90.7 Å². The zero-order valence-electron chi connectivity index (χ0n) is 11.8. The molecule has 0 bridgehead atoms. The molecule has 1 aromatic carbocycles. The Balaban J connectivity index is 2.78. The summed E-state index contributed by atoms with van der Waals surface area (Å²) < 4.78 is 10.5. The van der Waals surface area contributed by atoms with E-state index in [0.717, 1.165) is 12.8 Å². The van der Waals surface area contributed by atoms with Gasteiger partial charge in [-0.15, -0.1) is 0 Å². The molecule has 0 aliphatic heterocycles. The monoisotopic (exact) mass is 280 g/mol. The van der Waals surface area contributed by atoms with E-state index in [1.54, 1.807) is 7.11 Å². The number of hydrogen-bond acceptors (Lipinski definition) is 4. The molecule has 0 fully saturated rings. The molecule has 2 amide bonds. The first-order valence-electron chi connectivity index (χ1n) is 6.37. The summed E-state index contributed by atoms with van der Waals surface area (Å²) in [7, 11) is 3.18. The largest absolute Gasteiger partial charge is 0.493 e. The van der Waals surface area contributed by atoms with Crippen LogP contribution < -0.4 is 15.8 Å². The summed E-state index contributed by atoms with van der Waals surface area (Å²) in [5.41, 5.74) is 5.97. The summed E-state index contributed by atoms with van der Waals surface area (Å²) in [5.74, 6) is -0.499. The van der Waals surface area contributed by atoms with E-state index in [2.05, 4.69) is 5.32 Å². The molecular formula is C14H20N2O4. The predicted molar refractivity (Wildman–Crippen MR) is 75.0 cm³/mol. The van der Waals surface area contributed by atoms with Crippen LogP contribution in [0.5, 0.6) is 5.75 Å². The Morgan fingerprint density at radius 3 is 2.55 bits per heavy atom. The molecule has 1 rings (SSSR count). The fraction of sp³-hybridized carbons (Fsp3) is 0.429. The Hall–Kier alpha value is -2.08. The number of methoxy groups -OCH3 is 1. The number of benzene rings is 1. The molecule has 0 radical (unpaired) electrons. The fourth-order valence-corrected chi connectivity index (χ4v) is 1.66. The van der Waals surface area contributed by atoms with Crippen molar-refractivity contribution in [3.05, 3.63) is 29.3 Å². The van der Waals surface area contributed by atoms with Gasteiger partial charge in [0.2, 0.25) is 0 Å². The second-order valence-corrected chi connectivity index (χ2v) is 4.20. The summed E-state index contributed by atoms with van der Waals surface area (Å²) in [5, 5.41) is 2.51. The van der Waals surface area contributed by atoms with Gasteiger partial charge in [0.15, 0.2) is 0 Å².